The van der Waals surface area contributed by atoms with E-state index in [2.05, 4.69) is 510 Å². The van der Waals surface area contributed by atoms with Crippen molar-refractivity contribution >= 4 is 97.0 Å². The first-order chi connectivity index (χ1) is 62.5. The molecule has 0 heterocycles. The van der Waals surface area contributed by atoms with E-state index >= 15 is 0 Å². The summed E-state index contributed by atoms with van der Waals surface area (Å²) in [5, 5.41) is 22.9. The van der Waals surface area contributed by atoms with E-state index < -0.39 is 0 Å². The highest BCUT2D eigenvalue weighted by Gasteiger charge is 2.23. The molecule has 0 N–H and O–H groups in total. The zero-order chi connectivity index (χ0) is 83.6. The molecule has 0 aliphatic carbocycles. The second-order valence-corrected chi connectivity index (χ2v) is 32.7. The van der Waals surface area contributed by atoms with Crippen molar-refractivity contribution in [1.29, 1.82) is 0 Å². The molecule has 0 amide bonds. The van der Waals surface area contributed by atoms with Gasteiger partial charge in [-0.05, 0) is 261 Å². The molecule has 0 radical (unpaired) electrons. The van der Waals surface area contributed by atoms with Gasteiger partial charge in [0.05, 0.1) is 0 Å². The lowest BCUT2D eigenvalue weighted by Crippen LogP contribution is -1.92. The van der Waals surface area contributed by atoms with Crippen molar-refractivity contribution in [3.63, 3.8) is 0 Å². The van der Waals surface area contributed by atoms with E-state index in [4.69, 9.17) is 0 Å². The third-order valence-electron chi connectivity index (χ3n) is 25.4. The standard InChI is InChI=1S/3C42H28/c1-4-13-29(14-5-1)33-25-26-38-40(27-33)41(32-17-8-3-9-18-32)36-20-10-11-21-37(36)42(38)34-24-23-31-19-12-22-35(39(31)28-34)30-15-6-2-7-16-30;1-3-12-29(13-4-1)34-26-27-39-40(28-34)42(32-15-5-2-6-16-32)38-20-10-9-19-37(38)41(39)33-24-22-31(23-25-33)36-21-11-17-30-14-7-8-18-35(30)36;1-3-11-29(12-4-1)36-25-26-39-40(28-36)42(32-14-5-2-6-15-32)38-18-10-9-17-37(38)41(39)33-22-19-31(20-23-33)35-24-21-30-13-7-8-16-34(30)27-35/h3*1-28H. The summed E-state index contributed by atoms with van der Waals surface area (Å²) < 4.78 is 0. The molecule has 0 bridgehead atoms. The van der Waals surface area contributed by atoms with Gasteiger partial charge in [-0.2, -0.15) is 0 Å². The van der Waals surface area contributed by atoms with Crippen LogP contribution in [0.3, 0.4) is 0 Å². The molecule has 0 heteroatoms. The topological polar surface area (TPSA) is 0 Å². The van der Waals surface area contributed by atoms with Crippen molar-refractivity contribution < 1.29 is 0 Å². The fourth-order valence-electron chi connectivity index (χ4n) is 19.4. The molecule has 0 saturated carbocycles. The van der Waals surface area contributed by atoms with Crippen molar-refractivity contribution in [1.82, 2.24) is 0 Å². The van der Waals surface area contributed by atoms with E-state index in [0.717, 1.165) is 0 Å². The van der Waals surface area contributed by atoms with E-state index in [9.17, 15) is 0 Å². The summed E-state index contributed by atoms with van der Waals surface area (Å²) in [6, 6.07) is 185. The lowest BCUT2D eigenvalue weighted by molar-refractivity contribution is 1.62. The minimum atomic E-state index is 1.23. The summed E-state index contributed by atoms with van der Waals surface area (Å²) in [6.07, 6.45) is 0. The number of rotatable bonds is 12. The fraction of sp³-hybridized carbons (Fsp3) is 0. The van der Waals surface area contributed by atoms with Crippen LogP contribution in [0.15, 0.2) is 510 Å². The van der Waals surface area contributed by atoms with Gasteiger partial charge in [0.1, 0.15) is 0 Å². The summed E-state index contributed by atoms with van der Waals surface area (Å²) in [5.74, 6) is 0. The van der Waals surface area contributed by atoms with E-state index in [-0.39, 0.29) is 0 Å². The molecule has 0 atom stereocenters. The largest absolute Gasteiger partial charge is 0.0622 e. The monoisotopic (exact) mass is 1600 g/mol. The van der Waals surface area contributed by atoms with E-state index in [1.165, 1.54) is 230 Å². The Morgan fingerprint density at radius 1 is 0.0794 bits per heavy atom. The maximum Gasteiger partial charge on any atom is -0.00261 e. The summed E-state index contributed by atoms with van der Waals surface area (Å²) in [6.45, 7) is 0. The summed E-state index contributed by atoms with van der Waals surface area (Å²) in [5.41, 5.74) is 29.9. The first kappa shape index (κ1) is 75.8. The first-order valence-corrected chi connectivity index (χ1v) is 43.6. The molecular weight excluding hydrogens is 1510 g/mol. The van der Waals surface area contributed by atoms with Crippen LogP contribution in [0.4, 0.5) is 0 Å². The Labute approximate surface area is 734 Å². The zero-order valence-electron chi connectivity index (χ0n) is 69.5. The van der Waals surface area contributed by atoms with Crippen molar-refractivity contribution in [3.8, 4) is 134 Å². The molecule has 0 aliphatic rings. The Kier molecular flexibility index (Phi) is 20.2. The van der Waals surface area contributed by atoms with Crippen LogP contribution in [0.1, 0.15) is 0 Å². The Morgan fingerprint density at radius 3 is 0.683 bits per heavy atom. The molecule has 0 nitrogen and oxygen atoms in total. The van der Waals surface area contributed by atoms with Crippen LogP contribution in [-0.4, -0.2) is 0 Å². The third kappa shape index (κ3) is 14.4. The molecule has 588 valence electrons. The molecule has 126 heavy (non-hydrogen) atoms. The van der Waals surface area contributed by atoms with Gasteiger partial charge in [-0.25, -0.2) is 0 Å². The molecule has 24 rings (SSSR count). The van der Waals surface area contributed by atoms with Gasteiger partial charge in [0.15, 0.2) is 0 Å². The van der Waals surface area contributed by atoms with E-state index in [1.807, 2.05) is 0 Å². The molecule has 0 spiro atoms. The quantitative estimate of drug-likeness (QED) is 0.107. The predicted molar refractivity (Wildman–Crippen MR) is 542 cm³/mol. The summed E-state index contributed by atoms with van der Waals surface area (Å²) in [7, 11) is 0. The molecule has 0 aliphatic heterocycles. The van der Waals surface area contributed by atoms with E-state index in [0.29, 0.717) is 0 Å². The van der Waals surface area contributed by atoms with Gasteiger partial charge in [0.25, 0.3) is 0 Å². The minimum absolute atomic E-state index is 1.23. The van der Waals surface area contributed by atoms with Gasteiger partial charge in [-0.15, -0.1) is 0 Å². The van der Waals surface area contributed by atoms with Crippen molar-refractivity contribution in [2.75, 3.05) is 0 Å². The lowest BCUT2D eigenvalue weighted by Gasteiger charge is -2.19. The molecular formula is C126H84. The van der Waals surface area contributed by atoms with Gasteiger partial charge in [-0.1, -0.05) is 479 Å². The van der Waals surface area contributed by atoms with Crippen LogP contribution < -0.4 is 0 Å². The molecule has 0 unspecified atom stereocenters. The van der Waals surface area contributed by atoms with Gasteiger partial charge in [0.2, 0.25) is 0 Å². The number of hydrogen-bond donors (Lipinski definition) is 0. The fourth-order valence-corrected chi connectivity index (χ4v) is 19.4. The molecule has 24 aromatic rings. The van der Waals surface area contributed by atoms with Crippen molar-refractivity contribution in [2.24, 2.45) is 0 Å². The Bertz CT molecular complexity index is 8160. The van der Waals surface area contributed by atoms with Crippen LogP contribution in [0.2, 0.25) is 0 Å². The van der Waals surface area contributed by atoms with Crippen LogP contribution in [0.25, 0.3) is 230 Å². The van der Waals surface area contributed by atoms with Crippen molar-refractivity contribution in [3.05, 3.63) is 510 Å². The third-order valence-corrected chi connectivity index (χ3v) is 25.4. The van der Waals surface area contributed by atoms with E-state index in [1.54, 1.807) is 0 Å². The Hall–Kier alpha value is -16.4. The number of benzene rings is 24. The van der Waals surface area contributed by atoms with Crippen LogP contribution in [-0.2, 0) is 0 Å². The normalized spacial score (nSPS) is 11.3. The van der Waals surface area contributed by atoms with Crippen LogP contribution >= 0.6 is 0 Å². The summed E-state index contributed by atoms with van der Waals surface area (Å²) in [4.78, 5) is 0. The Morgan fingerprint density at radius 2 is 0.286 bits per heavy atom. The summed E-state index contributed by atoms with van der Waals surface area (Å²) >= 11 is 0. The highest BCUT2D eigenvalue weighted by molar-refractivity contribution is 6.25. The SMILES string of the molecule is c1ccc(-c2ccc3c(-c4ccc(-c5ccc6ccccc6c5)cc4)c4ccccc4c(-c4ccccc4)c3c2)cc1.c1ccc(-c2ccc3c(-c4ccc(-c5cccc6ccccc56)cc4)c4ccccc4c(-c4ccccc4)c3c2)cc1.c1ccc(-c2ccc3c(-c4ccc5cccc(-c6ccccc6)c5c4)c4ccccc4c(-c4ccccc4)c3c2)cc1. The number of hydrogen-bond acceptors (Lipinski definition) is 0. The van der Waals surface area contributed by atoms with Gasteiger partial charge < -0.3 is 0 Å². The van der Waals surface area contributed by atoms with Gasteiger partial charge in [-0.3, -0.25) is 0 Å². The number of fused-ring (bicyclic) bond motifs is 9. The highest BCUT2D eigenvalue weighted by atomic mass is 14.3. The maximum absolute atomic E-state index is 2.40. The average molecular weight is 1600 g/mol. The molecule has 0 saturated heterocycles. The van der Waals surface area contributed by atoms with Crippen LogP contribution in [0.5, 0.6) is 0 Å². The molecule has 0 aromatic heterocycles. The van der Waals surface area contributed by atoms with Crippen molar-refractivity contribution in [2.45, 2.75) is 0 Å². The lowest BCUT2D eigenvalue weighted by atomic mass is 9.84. The van der Waals surface area contributed by atoms with Gasteiger partial charge in [0, 0.05) is 0 Å². The van der Waals surface area contributed by atoms with Gasteiger partial charge >= 0.3 is 0 Å². The Balaban J connectivity index is 0.000000112. The predicted octanol–water partition coefficient (Wildman–Crippen LogP) is 35.4. The second kappa shape index (κ2) is 33.6. The highest BCUT2D eigenvalue weighted by Crippen LogP contribution is 2.50. The molecule has 0 fully saturated rings. The average Bonchev–Trinajstić information content (AvgIpc) is 0.735. The van der Waals surface area contributed by atoms with Crippen LogP contribution in [0, 0.1) is 0 Å². The maximum atomic E-state index is 2.40. The zero-order valence-corrected chi connectivity index (χ0v) is 69.5. The minimum Gasteiger partial charge on any atom is -0.0622 e. The first-order valence-electron chi connectivity index (χ1n) is 43.6. The smallest absolute Gasteiger partial charge is 0.00261 e. The second-order valence-electron chi connectivity index (χ2n) is 32.7. The molecule has 24 aromatic carbocycles.